The predicted molar refractivity (Wildman–Crippen MR) is 93.5 cm³/mol. The average molecular weight is 297 g/mol. The molecule has 0 spiro atoms. The molecule has 1 aliphatic rings. The van der Waals surface area contributed by atoms with Gasteiger partial charge in [0.25, 0.3) is 0 Å². The van der Waals surface area contributed by atoms with E-state index in [1.165, 1.54) is 42.9 Å². The number of benzene rings is 1. The molecular weight excluding hydrogens is 270 g/mol. The number of hydrogen-bond donors (Lipinski definition) is 2. The first kappa shape index (κ1) is 15.2. The molecule has 0 atom stereocenters. The number of nitrogens with zero attached hydrogens (tertiary/aromatic N) is 1. The fourth-order valence-electron chi connectivity index (χ4n) is 3.25. The molecule has 0 amide bonds. The van der Waals surface area contributed by atoms with Gasteiger partial charge in [0.2, 0.25) is 0 Å². The van der Waals surface area contributed by atoms with Crippen molar-refractivity contribution < 1.29 is 0 Å². The smallest absolute Gasteiger partial charge is 0.103 e. The van der Waals surface area contributed by atoms with Gasteiger partial charge in [-0.25, -0.2) is 0 Å². The van der Waals surface area contributed by atoms with Crippen LogP contribution in [-0.4, -0.2) is 36.6 Å². The zero-order valence-electron chi connectivity index (χ0n) is 13.5. The Labute approximate surface area is 133 Å². The van der Waals surface area contributed by atoms with E-state index in [1.807, 2.05) is 0 Å². The molecule has 2 aromatic rings. The lowest BCUT2D eigenvalue weighted by molar-refractivity contribution is 0.255. The highest BCUT2D eigenvalue weighted by atomic mass is 15.1. The fourth-order valence-corrected chi connectivity index (χ4v) is 3.25. The summed E-state index contributed by atoms with van der Waals surface area (Å²) in [6.07, 6.45) is 7.04. The largest absolute Gasteiger partial charge is 0.372 e. The van der Waals surface area contributed by atoms with Crippen LogP contribution in [0.4, 0.5) is 5.82 Å². The highest BCUT2D eigenvalue weighted by Crippen LogP contribution is 2.28. The Hall–Kier alpha value is -1.74. The van der Waals surface area contributed by atoms with Gasteiger partial charge in [-0.15, -0.1) is 0 Å². The van der Waals surface area contributed by atoms with Crippen LogP contribution in [0.3, 0.4) is 0 Å². The van der Waals surface area contributed by atoms with Crippen LogP contribution in [0, 0.1) is 0 Å². The lowest BCUT2D eigenvalue weighted by Gasteiger charge is -2.28. The number of rotatable bonds is 6. The van der Waals surface area contributed by atoms with Gasteiger partial charge >= 0.3 is 0 Å². The van der Waals surface area contributed by atoms with E-state index in [9.17, 15) is 0 Å². The number of aromatic amines is 1. The van der Waals surface area contributed by atoms with Crippen LogP contribution < -0.4 is 5.32 Å². The van der Waals surface area contributed by atoms with Crippen LogP contribution in [0.5, 0.6) is 0 Å². The SMILES string of the molecule is CN1CCC(c2c[nH]c(NCCCc3ccccc3)c2)CC1. The number of aromatic nitrogens is 1. The summed E-state index contributed by atoms with van der Waals surface area (Å²) in [6, 6.07) is 13.0. The van der Waals surface area contributed by atoms with Crippen molar-refractivity contribution in [2.45, 2.75) is 31.6 Å². The molecule has 0 bridgehead atoms. The third-order valence-corrected chi connectivity index (χ3v) is 4.70. The molecule has 3 rings (SSSR count). The minimum Gasteiger partial charge on any atom is -0.372 e. The second-order valence-electron chi connectivity index (χ2n) is 6.44. The minimum atomic E-state index is 0.729. The number of hydrogen-bond acceptors (Lipinski definition) is 2. The maximum Gasteiger partial charge on any atom is 0.103 e. The van der Waals surface area contributed by atoms with Gasteiger partial charge in [-0.1, -0.05) is 30.3 Å². The van der Waals surface area contributed by atoms with E-state index < -0.39 is 0 Å². The molecule has 0 radical (unpaired) electrons. The van der Waals surface area contributed by atoms with Gasteiger partial charge in [-0.3, -0.25) is 0 Å². The Bertz CT molecular complexity index is 553. The standard InChI is InChI=1S/C19H27N3/c1-22-12-9-17(10-13-22)18-14-19(21-15-18)20-11-5-8-16-6-3-2-4-7-16/h2-4,6-7,14-15,17,20-21H,5,8-13H2,1H3. The molecule has 0 saturated carbocycles. The van der Waals surface area contributed by atoms with Crippen molar-refractivity contribution >= 4 is 5.82 Å². The van der Waals surface area contributed by atoms with E-state index >= 15 is 0 Å². The van der Waals surface area contributed by atoms with Crippen LogP contribution in [0.2, 0.25) is 0 Å². The quantitative estimate of drug-likeness (QED) is 0.793. The summed E-state index contributed by atoms with van der Waals surface area (Å²) in [5, 5.41) is 3.52. The van der Waals surface area contributed by atoms with E-state index in [0.29, 0.717) is 0 Å². The van der Waals surface area contributed by atoms with E-state index in [1.54, 1.807) is 0 Å². The number of H-pyrrole nitrogens is 1. The Kier molecular flexibility index (Phi) is 5.17. The van der Waals surface area contributed by atoms with Crippen LogP contribution in [0.1, 0.15) is 36.3 Å². The molecule has 2 N–H and O–H groups in total. The molecule has 22 heavy (non-hydrogen) atoms. The number of anilines is 1. The molecule has 0 unspecified atom stereocenters. The van der Waals surface area contributed by atoms with E-state index in [4.69, 9.17) is 0 Å². The molecule has 118 valence electrons. The van der Waals surface area contributed by atoms with Gasteiger partial charge < -0.3 is 15.2 Å². The minimum absolute atomic E-state index is 0.729. The summed E-state index contributed by atoms with van der Waals surface area (Å²) in [6.45, 7) is 3.45. The van der Waals surface area contributed by atoms with Crippen molar-refractivity contribution in [1.82, 2.24) is 9.88 Å². The monoisotopic (exact) mass is 297 g/mol. The molecule has 1 aromatic heterocycles. The first-order chi connectivity index (χ1) is 10.8. The second-order valence-corrected chi connectivity index (χ2v) is 6.44. The van der Waals surface area contributed by atoms with Gasteiger partial charge in [0, 0.05) is 12.7 Å². The van der Waals surface area contributed by atoms with Crippen molar-refractivity contribution in [1.29, 1.82) is 0 Å². The molecule has 1 saturated heterocycles. The molecule has 1 fully saturated rings. The van der Waals surface area contributed by atoms with Crippen LogP contribution >= 0.6 is 0 Å². The second kappa shape index (κ2) is 7.50. The average Bonchev–Trinajstić information content (AvgIpc) is 3.02. The van der Waals surface area contributed by atoms with Gasteiger partial charge in [0.1, 0.15) is 5.82 Å². The number of aryl methyl sites for hydroxylation is 1. The first-order valence-electron chi connectivity index (χ1n) is 8.46. The van der Waals surface area contributed by atoms with Gasteiger partial charge in [0.05, 0.1) is 0 Å². The summed E-state index contributed by atoms with van der Waals surface area (Å²) >= 11 is 0. The number of nitrogens with one attached hydrogen (secondary N) is 2. The third kappa shape index (κ3) is 4.14. The van der Waals surface area contributed by atoms with Crippen molar-refractivity contribution in [2.24, 2.45) is 0 Å². The van der Waals surface area contributed by atoms with Crippen LogP contribution in [0.15, 0.2) is 42.6 Å². The Morgan fingerprint density at radius 3 is 2.73 bits per heavy atom. The van der Waals surface area contributed by atoms with Crippen molar-refractivity contribution in [3.63, 3.8) is 0 Å². The molecule has 1 aromatic carbocycles. The summed E-state index contributed by atoms with van der Waals surface area (Å²) in [4.78, 5) is 5.81. The van der Waals surface area contributed by atoms with Crippen molar-refractivity contribution in [3.8, 4) is 0 Å². The Balaban J connectivity index is 1.42. The van der Waals surface area contributed by atoms with Gasteiger partial charge in [-0.2, -0.15) is 0 Å². The van der Waals surface area contributed by atoms with Gasteiger partial charge in [-0.05, 0) is 68.9 Å². The highest BCUT2D eigenvalue weighted by Gasteiger charge is 2.19. The van der Waals surface area contributed by atoms with Crippen LogP contribution in [-0.2, 0) is 6.42 Å². The van der Waals surface area contributed by atoms with Crippen LogP contribution in [0.25, 0.3) is 0 Å². The molecule has 2 heterocycles. The maximum atomic E-state index is 3.52. The Morgan fingerprint density at radius 1 is 1.18 bits per heavy atom. The molecule has 0 aliphatic carbocycles. The van der Waals surface area contributed by atoms with Crippen molar-refractivity contribution in [2.75, 3.05) is 32.0 Å². The number of piperidine rings is 1. The number of likely N-dealkylation sites (tertiary alicyclic amines) is 1. The summed E-state index contributed by atoms with van der Waals surface area (Å²) in [5.41, 5.74) is 2.89. The summed E-state index contributed by atoms with van der Waals surface area (Å²) in [5.74, 6) is 1.90. The lowest BCUT2D eigenvalue weighted by Crippen LogP contribution is -2.29. The normalized spacial score (nSPS) is 16.8. The maximum absolute atomic E-state index is 3.52. The van der Waals surface area contributed by atoms with E-state index in [-0.39, 0.29) is 0 Å². The fraction of sp³-hybridized carbons (Fsp3) is 0.474. The molecule has 3 nitrogen and oxygen atoms in total. The van der Waals surface area contributed by atoms with E-state index in [0.717, 1.165) is 25.3 Å². The van der Waals surface area contributed by atoms with Crippen molar-refractivity contribution in [3.05, 3.63) is 53.7 Å². The summed E-state index contributed by atoms with van der Waals surface area (Å²) in [7, 11) is 2.22. The zero-order chi connectivity index (χ0) is 15.2. The topological polar surface area (TPSA) is 31.1 Å². The Morgan fingerprint density at radius 2 is 1.95 bits per heavy atom. The summed E-state index contributed by atoms with van der Waals surface area (Å²) < 4.78 is 0. The van der Waals surface area contributed by atoms with E-state index in [2.05, 4.69) is 64.8 Å². The van der Waals surface area contributed by atoms with Gasteiger partial charge in [0.15, 0.2) is 0 Å². The predicted octanol–water partition coefficient (Wildman–Crippen LogP) is 3.87. The first-order valence-corrected chi connectivity index (χ1v) is 8.46. The molecule has 3 heteroatoms. The highest BCUT2D eigenvalue weighted by molar-refractivity contribution is 5.40. The molecule has 1 aliphatic heterocycles. The lowest BCUT2D eigenvalue weighted by atomic mass is 9.91. The molecular formula is C19H27N3. The zero-order valence-corrected chi connectivity index (χ0v) is 13.5. The third-order valence-electron chi connectivity index (χ3n) is 4.70.